The molecule has 100 valence electrons. The van der Waals surface area contributed by atoms with E-state index in [2.05, 4.69) is 22.2 Å². The van der Waals surface area contributed by atoms with Crippen LogP contribution in [-0.4, -0.2) is 29.2 Å². The van der Waals surface area contributed by atoms with E-state index in [0.29, 0.717) is 0 Å². The van der Waals surface area contributed by atoms with Crippen LogP contribution in [0.1, 0.15) is 43.8 Å². The van der Waals surface area contributed by atoms with Crippen LogP contribution in [0.25, 0.3) is 0 Å². The number of rotatable bonds is 7. The quantitative estimate of drug-likeness (QED) is 0.801. The summed E-state index contributed by atoms with van der Waals surface area (Å²) in [5.41, 5.74) is 2.40. The Kier molecular flexibility index (Phi) is 4.66. The van der Waals surface area contributed by atoms with Crippen LogP contribution in [0.5, 0.6) is 0 Å². The minimum absolute atomic E-state index is 0.171. The van der Waals surface area contributed by atoms with Crippen molar-refractivity contribution in [1.82, 2.24) is 15.3 Å². The number of aromatic nitrogens is 2. The topological polar surface area (TPSA) is 47.0 Å². The van der Waals surface area contributed by atoms with Crippen molar-refractivity contribution in [3.63, 3.8) is 0 Å². The summed E-state index contributed by atoms with van der Waals surface area (Å²) in [5.74, 6) is 0.886. The molecule has 1 unspecified atom stereocenters. The molecule has 1 saturated carbocycles. The highest BCUT2D eigenvalue weighted by Crippen LogP contribution is 2.19. The van der Waals surface area contributed by atoms with Crippen LogP contribution in [0.15, 0.2) is 6.20 Å². The first-order valence-corrected chi connectivity index (χ1v) is 6.82. The average Bonchev–Trinajstić information content (AvgIpc) is 3.21. The summed E-state index contributed by atoms with van der Waals surface area (Å²) >= 11 is 0. The molecule has 0 amide bonds. The van der Waals surface area contributed by atoms with Crippen LogP contribution < -0.4 is 5.32 Å². The first-order valence-electron chi connectivity index (χ1n) is 6.82. The highest BCUT2D eigenvalue weighted by Gasteiger charge is 2.20. The highest BCUT2D eigenvalue weighted by molar-refractivity contribution is 5.18. The number of nitrogens with zero attached hydrogens (tertiary/aromatic N) is 2. The van der Waals surface area contributed by atoms with Gasteiger partial charge in [0.2, 0.25) is 0 Å². The van der Waals surface area contributed by atoms with E-state index in [1.165, 1.54) is 18.4 Å². The van der Waals surface area contributed by atoms with Crippen LogP contribution >= 0.6 is 0 Å². The van der Waals surface area contributed by atoms with Crippen molar-refractivity contribution in [3.05, 3.63) is 23.3 Å². The van der Waals surface area contributed by atoms with Crippen LogP contribution in [0.4, 0.5) is 0 Å². The van der Waals surface area contributed by atoms with Gasteiger partial charge in [0, 0.05) is 43.6 Å². The van der Waals surface area contributed by atoms with Gasteiger partial charge in [0.05, 0.1) is 6.10 Å². The number of hydrogen-bond acceptors (Lipinski definition) is 4. The molecule has 4 heteroatoms. The van der Waals surface area contributed by atoms with E-state index in [1.807, 2.05) is 13.1 Å². The Balaban J connectivity index is 2.01. The Morgan fingerprint density at radius 1 is 1.50 bits per heavy atom. The maximum Gasteiger partial charge on any atom is 0.131 e. The lowest BCUT2D eigenvalue weighted by Gasteiger charge is -2.12. The second-order valence-electron chi connectivity index (χ2n) is 5.02. The molecule has 1 aliphatic carbocycles. The number of hydrogen-bond donors (Lipinski definition) is 1. The molecule has 1 aliphatic rings. The van der Waals surface area contributed by atoms with Gasteiger partial charge in [0.1, 0.15) is 5.82 Å². The van der Waals surface area contributed by atoms with Crippen molar-refractivity contribution in [2.75, 3.05) is 7.11 Å². The van der Waals surface area contributed by atoms with Gasteiger partial charge in [0.15, 0.2) is 0 Å². The first kappa shape index (κ1) is 13.4. The van der Waals surface area contributed by atoms with E-state index in [1.54, 1.807) is 7.11 Å². The van der Waals surface area contributed by atoms with E-state index in [0.717, 1.165) is 36.9 Å². The van der Waals surface area contributed by atoms with Gasteiger partial charge in [-0.25, -0.2) is 9.97 Å². The van der Waals surface area contributed by atoms with Gasteiger partial charge in [0.25, 0.3) is 0 Å². The fourth-order valence-corrected chi connectivity index (χ4v) is 1.92. The summed E-state index contributed by atoms with van der Waals surface area (Å²) < 4.78 is 5.25. The fourth-order valence-electron chi connectivity index (χ4n) is 1.92. The molecule has 18 heavy (non-hydrogen) atoms. The second kappa shape index (κ2) is 6.25. The highest BCUT2D eigenvalue weighted by atomic mass is 16.5. The molecule has 1 fully saturated rings. The van der Waals surface area contributed by atoms with Crippen molar-refractivity contribution >= 4 is 0 Å². The largest absolute Gasteiger partial charge is 0.381 e. The third-order valence-corrected chi connectivity index (χ3v) is 3.37. The van der Waals surface area contributed by atoms with E-state index >= 15 is 0 Å². The Labute approximate surface area is 109 Å². The molecule has 1 N–H and O–H groups in total. The van der Waals surface area contributed by atoms with Gasteiger partial charge in [-0.15, -0.1) is 0 Å². The molecule has 2 rings (SSSR count). The van der Waals surface area contributed by atoms with E-state index in [4.69, 9.17) is 4.74 Å². The van der Waals surface area contributed by atoms with Gasteiger partial charge in [-0.1, -0.05) is 6.92 Å². The van der Waals surface area contributed by atoms with Gasteiger partial charge in [-0.05, 0) is 26.2 Å². The average molecular weight is 249 g/mol. The molecule has 1 heterocycles. The maximum absolute atomic E-state index is 5.25. The number of nitrogens with one attached hydrogen (secondary N) is 1. The maximum atomic E-state index is 5.25. The van der Waals surface area contributed by atoms with Crippen molar-refractivity contribution in [3.8, 4) is 0 Å². The number of methoxy groups -OCH3 is 1. The molecular formula is C14H23N3O. The fraction of sp³-hybridized carbons (Fsp3) is 0.714. The third-order valence-electron chi connectivity index (χ3n) is 3.37. The van der Waals surface area contributed by atoms with Crippen molar-refractivity contribution in [2.24, 2.45) is 0 Å². The standard InChI is InChI=1S/C14H23N3O/c1-4-13-11(8-15-12-5-6-12)9-16-14(17-13)7-10(2)18-3/h9-10,12,15H,4-8H2,1-3H3. The van der Waals surface area contributed by atoms with Crippen molar-refractivity contribution in [2.45, 2.75) is 58.2 Å². The molecule has 0 saturated heterocycles. The molecule has 1 aromatic rings. The second-order valence-corrected chi connectivity index (χ2v) is 5.02. The van der Waals surface area contributed by atoms with Crippen LogP contribution in [0.3, 0.4) is 0 Å². The zero-order chi connectivity index (χ0) is 13.0. The predicted octanol–water partition coefficient (Wildman–Crippen LogP) is 1.87. The predicted molar refractivity (Wildman–Crippen MR) is 71.4 cm³/mol. The summed E-state index contributed by atoms with van der Waals surface area (Å²) in [6.45, 7) is 5.08. The summed E-state index contributed by atoms with van der Waals surface area (Å²) in [7, 11) is 1.72. The van der Waals surface area contributed by atoms with Crippen LogP contribution in [0, 0.1) is 0 Å². The Morgan fingerprint density at radius 3 is 2.89 bits per heavy atom. The Morgan fingerprint density at radius 2 is 2.28 bits per heavy atom. The minimum atomic E-state index is 0.171. The zero-order valence-electron chi connectivity index (χ0n) is 11.6. The molecule has 0 aliphatic heterocycles. The summed E-state index contributed by atoms with van der Waals surface area (Å²) in [6, 6.07) is 0.725. The van der Waals surface area contributed by atoms with Crippen LogP contribution in [0.2, 0.25) is 0 Å². The lowest BCUT2D eigenvalue weighted by atomic mass is 10.1. The van der Waals surface area contributed by atoms with Gasteiger partial charge < -0.3 is 10.1 Å². The first-order chi connectivity index (χ1) is 8.72. The smallest absolute Gasteiger partial charge is 0.131 e. The lowest BCUT2D eigenvalue weighted by Crippen LogP contribution is -2.18. The van der Waals surface area contributed by atoms with Crippen molar-refractivity contribution < 1.29 is 4.74 Å². The summed E-state index contributed by atoms with van der Waals surface area (Å²) in [4.78, 5) is 9.09. The lowest BCUT2D eigenvalue weighted by molar-refractivity contribution is 0.117. The minimum Gasteiger partial charge on any atom is -0.381 e. The SMILES string of the molecule is CCc1nc(CC(C)OC)ncc1CNC1CC1. The van der Waals surface area contributed by atoms with Crippen LogP contribution in [-0.2, 0) is 24.1 Å². The summed E-state index contributed by atoms with van der Waals surface area (Å²) in [6.07, 6.45) is 6.50. The van der Waals surface area contributed by atoms with Gasteiger partial charge in [-0.2, -0.15) is 0 Å². The molecule has 0 bridgehead atoms. The van der Waals surface area contributed by atoms with E-state index in [-0.39, 0.29) is 6.10 Å². The Hall–Kier alpha value is -1.00. The Bertz CT molecular complexity index is 391. The van der Waals surface area contributed by atoms with E-state index < -0.39 is 0 Å². The molecule has 4 nitrogen and oxygen atoms in total. The monoisotopic (exact) mass is 249 g/mol. The molecule has 1 aromatic heterocycles. The molecular weight excluding hydrogens is 226 g/mol. The summed E-state index contributed by atoms with van der Waals surface area (Å²) in [5, 5.41) is 3.51. The third kappa shape index (κ3) is 3.75. The van der Waals surface area contributed by atoms with Gasteiger partial charge in [-0.3, -0.25) is 0 Å². The zero-order valence-corrected chi connectivity index (χ0v) is 11.6. The van der Waals surface area contributed by atoms with E-state index in [9.17, 15) is 0 Å². The normalized spacial score (nSPS) is 16.8. The number of ether oxygens (including phenoxy) is 1. The molecule has 0 radical (unpaired) electrons. The molecule has 1 atom stereocenters. The van der Waals surface area contributed by atoms with Crippen molar-refractivity contribution in [1.29, 1.82) is 0 Å². The molecule has 0 spiro atoms. The van der Waals surface area contributed by atoms with Gasteiger partial charge >= 0.3 is 0 Å². The number of aryl methyl sites for hydroxylation is 1. The molecule has 0 aromatic carbocycles.